The lowest BCUT2D eigenvalue weighted by atomic mass is 9.37. The summed E-state index contributed by atoms with van der Waals surface area (Å²) < 4.78 is 5.87. The van der Waals surface area contributed by atoms with Gasteiger partial charge in [0.15, 0.2) is 0 Å². The number of carbonyl (C=O) groups is 1. The Morgan fingerprint density at radius 3 is 2.28 bits per heavy atom. The summed E-state index contributed by atoms with van der Waals surface area (Å²) in [6, 6.07) is 0. The van der Waals surface area contributed by atoms with Gasteiger partial charge in [-0.3, -0.25) is 4.79 Å². The second-order valence-electron chi connectivity index (χ2n) is 12.2. The molecule has 5 rings (SSSR count). The maximum Gasteiger partial charge on any atom is 0.309 e. The molecule has 164 valence electrons. The van der Waals surface area contributed by atoms with Crippen molar-refractivity contribution in [2.45, 2.75) is 97.5 Å². The molecular weight excluding hydrogens is 360 g/mol. The van der Waals surface area contributed by atoms with E-state index in [2.05, 4.69) is 20.8 Å². The van der Waals surface area contributed by atoms with Gasteiger partial charge in [-0.25, -0.2) is 0 Å². The van der Waals surface area contributed by atoms with Crippen LogP contribution in [0.5, 0.6) is 0 Å². The molecule has 5 fully saturated rings. The average Bonchev–Trinajstić information content (AvgIpc) is 3.14. The summed E-state index contributed by atoms with van der Waals surface area (Å²) >= 11 is 0. The van der Waals surface area contributed by atoms with Crippen molar-refractivity contribution in [1.82, 2.24) is 0 Å². The molecule has 5 aliphatic rings. The molecule has 3 heteroatoms. The molecule has 10 unspecified atom stereocenters. The molecule has 5 aliphatic carbocycles. The number of rotatable bonds is 2. The van der Waals surface area contributed by atoms with Crippen molar-refractivity contribution in [2.24, 2.45) is 51.8 Å². The van der Waals surface area contributed by atoms with Crippen LogP contribution >= 0.6 is 0 Å². The Balaban J connectivity index is 1.45. The zero-order valence-corrected chi connectivity index (χ0v) is 19.1. The van der Waals surface area contributed by atoms with E-state index in [1.165, 1.54) is 44.9 Å². The van der Waals surface area contributed by atoms with E-state index in [-0.39, 0.29) is 5.41 Å². The lowest BCUT2D eigenvalue weighted by Gasteiger charge is -2.67. The Labute approximate surface area is 177 Å². The van der Waals surface area contributed by atoms with Crippen LogP contribution < -0.4 is 0 Å². The molecule has 0 bridgehead atoms. The molecule has 0 heterocycles. The molecule has 0 aromatic carbocycles. The number of methoxy groups -OCH3 is 1. The van der Waals surface area contributed by atoms with Crippen LogP contribution in [0.25, 0.3) is 0 Å². The molecule has 3 nitrogen and oxygen atoms in total. The maximum absolute atomic E-state index is 12.3. The number of aliphatic carboxylic acids is 1. The van der Waals surface area contributed by atoms with Gasteiger partial charge >= 0.3 is 5.97 Å². The minimum Gasteiger partial charge on any atom is -0.481 e. The first-order valence-corrected chi connectivity index (χ1v) is 12.5. The molecule has 29 heavy (non-hydrogen) atoms. The third kappa shape index (κ3) is 2.55. The van der Waals surface area contributed by atoms with E-state index in [9.17, 15) is 9.90 Å². The van der Waals surface area contributed by atoms with Gasteiger partial charge < -0.3 is 9.84 Å². The van der Waals surface area contributed by atoms with Crippen molar-refractivity contribution in [3.63, 3.8) is 0 Å². The van der Waals surface area contributed by atoms with Crippen LogP contribution in [0.3, 0.4) is 0 Å². The number of carboxylic acids is 1. The van der Waals surface area contributed by atoms with Crippen molar-refractivity contribution in [3.05, 3.63) is 0 Å². The number of carboxylic acid groups (broad SMARTS) is 1. The summed E-state index contributed by atoms with van der Waals surface area (Å²) in [6.45, 7) is 7.71. The highest BCUT2D eigenvalue weighted by Crippen LogP contribution is 2.71. The minimum atomic E-state index is -0.479. The van der Waals surface area contributed by atoms with Crippen LogP contribution in [0.2, 0.25) is 0 Å². The molecule has 10 atom stereocenters. The summed E-state index contributed by atoms with van der Waals surface area (Å²) in [4.78, 5) is 12.3. The normalized spacial score (nSPS) is 56.6. The first-order chi connectivity index (χ1) is 13.8. The van der Waals surface area contributed by atoms with Gasteiger partial charge in [0.05, 0.1) is 11.5 Å². The van der Waals surface area contributed by atoms with E-state index >= 15 is 0 Å². The molecule has 5 saturated carbocycles. The van der Waals surface area contributed by atoms with Crippen molar-refractivity contribution in [3.8, 4) is 0 Å². The molecule has 0 amide bonds. The van der Waals surface area contributed by atoms with Gasteiger partial charge in [0, 0.05) is 7.11 Å². The maximum atomic E-state index is 12.3. The molecule has 0 aromatic heterocycles. The zero-order valence-electron chi connectivity index (χ0n) is 19.1. The van der Waals surface area contributed by atoms with E-state index in [4.69, 9.17) is 4.74 Å². The average molecular weight is 403 g/mol. The standard InChI is InChI=1S/C26H42O3/c1-16-18-9-13-25(3)19-10-15-26(23(27)28)12-5-6-20(26)17(19)7-8-22(25)24(18,2)14-11-21(16)29-4/h16-22H,5-15H2,1-4H3,(H,27,28). The summed E-state index contributed by atoms with van der Waals surface area (Å²) in [5, 5.41) is 10.1. The molecule has 0 saturated heterocycles. The molecular formula is C26H42O3. The fraction of sp³-hybridized carbons (Fsp3) is 0.962. The first-order valence-electron chi connectivity index (χ1n) is 12.5. The van der Waals surface area contributed by atoms with Gasteiger partial charge in [0.1, 0.15) is 0 Å². The lowest BCUT2D eigenvalue weighted by Crippen LogP contribution is -2.61. The molecule has 0 aliphatic heterocycles. The predicted molar refractivity (Wildman–Crippen MR) is 114 cm³/mol. The van der Waals surface area contributed by atoms with Crippen LogP contribution in [0, 0.1) is 51.8 Å². The van der Waals surface area contributed by atoms with E-state index in [0.717, 1.165) is 43.4 Å². The van der Waals surface area contributed by atoms with Gasteiger partial charge in [0.2, 0.25) is 0 Å². The summed E-state index contributed by atoms with van der Waals surface area (Å²) in [7, 11) is 1.90. The van der Waals surface area contributed by atoms with Gasteiger partial charge in [-0.1, -0.05) is 27.2 Å². The Bertz CT molecular complexity index is 675. The third-order valence-electron chi connectivity index (χ3n) is 11.8. The molecule has 1 N–H and O–H groups in total. The van der Waals surface area contributed by atoms with Crippen LogP contribution in [0.15, 0.2) is 0 Å². The second-order valence-corrected chi connectivity index (χ2v) is 12.2. The second kappa shape index (κ2) is 6.71. The van der Waals surface area contributed by atoms with Crippen molar-refractivity contribution < 1.29 is 14.6 Å². The summed E-state index contributed by atoms with van der Waals surface area (Å²) in [6.07, 6.45) is 13.7. The van der Waals surface area contributed by atoms with Gasteiger partial charge in [0.25, 0.3) is 0 Å². The van der Waals surface area contributed by atoms with E-state index < -0.39 is 5.97 Å². The van der Waals surface area contributed by atoms with Gasteiger partial charge in [-0.2, -0.15) is 0 Å². The Kier molecular flexibility index (Phi) is 4.71. The van der Waals surface area contributed by atoms with Gasteiger partial charge in [-0.05, 0) is 111 Å². The number of hydrogen-bond donors (Lipinski definition) is 1. The summed E-state index contributed by atoms with van der Waals surface area (Å²) in [5.74, 6) is 3.67. The van der Waals surface area contributed by atoms with Crippen molar-refractivity contribution in [2.75, 3.05) is 7.11 Å². The van der Waals surface area contributed by atoms with E-state index in [1.807, 2.05) is 7.11 Å². The Morgan fingerprint density at radius 1 is 0.862 bits per heavy atom. The molecule has 0 aromatic rings. The van der Waals surface area contributed by atoms with Crippen LogP contribution in [0.1, 0.15) is 91.4 Å². The smallest absolute Gasteiger partial charge is 0.309 e. The molecule has 0 spiro atoms. The van der Waals surface area contributed by atoms with E-state index in [1.54, 1.807) is 0 Å². The zero-order chi connectivity index (χ0) is 20.6. The highest BCUT2D eigenvalue weighted by molar-refractivity contribution is 5.75. The van der Waals surface area contributed by atoms with Crippen LogP contribution in [0.4, 0.5) is 0 Å². The fourth-order valence-corrected chi connectivity index (χ4v) is 10.5. The summed E-state index contributed by atoms with van der Waals surface area (Å²) in [5.41, 5.74) is 0.487. The number of ether oxygens (including phenoxy) is 1. The predicted octanol–water partition coefficient (Wildman–Crippen LogP) is 6.16. The number of fused-ring (bicyclic) bond motifs is 7. The van der Waals surface area contributed by atoms with Gasteiger partial charge in [-0.15, -0.1) is 0 Å². The monoisotopic (exact) mass is 402 g/mol. The first kappa shape index (κ1) is 20.3. The highest BCUT2D eigenvalue weighted by atomic mass is 16.5. The number of hydrogen-bond acceptors (Lipinski definition) is 2. The minimum absolute atomic E-state index is 0.378. The Morgan fingerprint density at radius 2 is 1.55 bits per heavy atom. The quantitative estimate of drug-likeness (QED) is 0.601. The van der Waals surface area contributed by atoms with Crippen LogP contribution in [-0.4, -0.2) is 24.3 Å². The van der Waals surface area contributed by atoms with Crippen molar-refractivity contribution >= 4 is 5.97 Å². The lowest BCUT2D eigenvalue weighted by molar-refractivity contribution is -0.201. The van der Waals surface area contributed by atoms with Crippen LogP contribution in [-0.2, 0) is 9.53 Å². The SMILES string of the molecule is COC1CCC2(C)C(CCC3(C)C4CCC5(C(=O)O)CCCC5C4CCC23)C1C. The third-order valence-corrected chi connectivity index (χ3v) is 11.8. The van der Waals surface area contributed by atoms with Crippen molar-refractivity contribution in [1.29, 1.82) is 0 Å². The van der Waals surface area contributed by atoms with E-state index in [0.29, 0.717) is 34.7 Å². The molecule has 0 radical (unpaired) electrons. The fourth-order valence-electron chi connectivity index (χ4n) is 10.5. The topological polar surface area (TPSA) is 46.5 Å². The Hall–Kier alpha value is -0.570. The largest absolute Gasteiger partial charge is 0.481 e. The highest BCUT2D eigenvalue weighted by Gasteiger charge is 2.65.